The van der Waals surface area contributed by atoms with Crippen molar-refractivity contribution in [3.8, 4) is 0 Å². The summed E-state index contributed by atoms with van der Waals surface area (Å²) >= 11 is 0. The number of carbonyl (C=O) groups is 1. The number of aliphatic hydroxyl groups excluding tert-OH is 1. The molecule has 0 aliphatic carbocycles. The number of carbonyl (C=O) groups excluding carboxylic acids is 1. The van der Waals surface area contributed by atoms with Gasteiger partial charge in [-0.2, -0.15) is 0 Å². The Morgan fingerprint density at radius 2 is 1.89 bits per heavy atom. The molecule has 2 N–H and O–H groups in total. The Morgan fingerprint density at radius 3 is 2.28 bits per heavy atom. The van der Waals surface area contributed by atoms with Crippen LogP contribution in [0.2, 0.25) is 0 Å². The molecule has 1 unspecified atom stereocenters. The summed E-state index contributed by atoms with van der Waals surface area (Å²) in [6.07, 6.45) is 3.55. The lowest BCUT2D eigenvalue weighted by Gasteiger charge is -2.23. The highest BCUT2D eigenvalue weighted by Crippen LogP contribution is 2.16. The first-order valence-electron chi connectivity index (χ1n) is 6.25. The van der Waals surface area contributed by atoms with Crippen molar-refractivity contribution in [3.05, 3.63) is 0 Å². The van der Waals surface area contributed by atoms with Gasteiger partial charge in [0.25, 0.3) is 0 Å². The largest absolute Gasteiger partial charge is 0.396 e. The number of sulfone groups is 1. The van der Waals surface area contributed by atoms with E-state index in [1.54, 1.807) is 0 Å². The molecule has 0 aromatic heterocycles. The van der Waals surface area contributed by atoms with Crippen LogP contribution in [0.3, 0.4) is 0 Å². The summed E-state index contributed by atoms with van der Waals surface area (Å²) in [6.45, 7) is 5.33. The van der Waals surface area contributed by atoms with E-state index in [0.717, 1.165) is 19.1 Å². The van der Waals surface area contributed by atoms with E-state index in [-0.39, 0.29) is 12.5 Å². The molecule has 5 nitrogen and oxygen atoms in total. The van der Waals surface area contributed by atoms with E-state index >= 15 is 0 Å². The van der Waals surface area contributed by atoms with Crippen molar-refractivity contribution in [3.63, 3.8) is 0 Å². The van der Waals surface area contributed by atoms with Crippen molar-refractivity contribution < 1.29 is 18.3 Å². The van der Waals surface area contributed by atoms with Gasteiger partial charge in [0.2, 0.25) is 5.91 Å². The minimum atomic E-state index is -3.44. The number of amides is 1. The number of hydrogen-bond acceptors (Lipinski definition) is 4. The van der Waals surface area contributed by atoms with Crippen molar-refractivity contribution in [2.45, 2.75) is 44.8 Å². The van der Waals surface area contributed by atoms with Crippen LogP contribution in [0, 0.1) is 5.92 Å². The Bertz CT molecular complexity index is 356. The van der Waals surface area contributed by atoms with E-state index in [9.17, 15) is 13.2 Å². The van der Waals surface area contributed by atoms with Crippen molar-refractivity contribution in [1.82, 2.24) is 5.32 Å². The summed E-state index contributed by atoms with van der Waals surface area (Å²) in [5.74, 6) is -0.289. The van der Waals surface area contributed by atoms with E-state index in [1.807, 2.05) is 6.92 Å². The van der Waals surface area contributed by atoms with Crippen LogP contribution in [0.25, 0.3) is 0 Å². The first-order valence-corrected chi connectivity index (χ1v) is 8.14. The van der Waals surface area contributed by atoms with Crippen molar-refractivity contribution in [2.24, 2.45) is 5.92 Å². The maximum absolute atomic E-state index is 11.9. The fraction of sp³-hybridized carbons (Fsp3) is 0.917. The molecule has 0 saturated heterocycles. The molecule has 0 radical (unpaired) electrons. The lowest BCUT2D eigenvalue weighted by atomic mass is 10.00. The molecule has 1 atom stereocenters. The second-order valence-corrected chi connectivity index (χ2v) is 7.72. The fourth-order valence-electron chi connectivity index (χ4n) is 1.56. The van der Waals surface area contributed by atoms with E-state index in [0.29, 0.717) is 13.0 Å². The Morgan fingerprint density at radius 1 is 1.33 bits per heavy atom. The highest BCUT2D eigenvalue weighted by molar-refractivity contribution is 7.92. The quantitative estimate of drug-likeness (QED) is 0.686. The molecule has 0 aliphatic rings. The van der Waals surface area contributed by atoms with Crippen molar-refractivity contribution in [1.29, 1.82) is 0 Å². The van der Waals surface area contributed by atoms with Gasteiger partial charge in [-0.1, -0.05) is 13.3 Å². The van der Waals surface area contributed by atoms with E-state index in [2.05, 4.69) is 5.32 Å². The first-order chi connectivity index (χ1) is 8.16. The third-order valence-corrected chi connectivity index (χ3v) is 5.30. The summed E-state index contributed by atoms with van der Waals surface area (Å²) in [5, 5.41) is 11.6. The maximum atomic E-state index is 11.9. The Hall–Kier alpha value is -0.620. The second-order valence-electron chi connectivity index (χ2n) is 5.16. The molecular formula is C12H25NO4S. The average Bonchev–Trinajstić information content (AvgIpc) is 2.24. The molecule has 0 aliphatic heterocycles. The molecule has 0 saturated carbocycles. The lowest BCUT2D eigenvalue weighted by Crippen LogP contribution is -2.48. The third-order valence-electron chi connectivity index (χ3n) is 3.26. The van der Waals surface area contributed by atoms with E-state index < -0.39 is 20.5 Å². The number of aliphatic hydroxyl groups is 1. The molecule has 108 valence electrons. The summed E-state index contributed by atoms with van der Waals surface area (Å²) in [6, 6.07) is 0. The van der Waals surface area contributed by atoms with Crippen LogP contribution in [0.15, 0.2) is 0 Å². The Labute approximate surface area is 110 Å². The minimum absolute atomic E-state index is 0.0794. The van der Waals surface area contributed by atoms with Crippen LogP contribution in [-0.4, -0.2) is 43.6 Å². The number of rotatable bonds is 8. The highest BCUT2D eigenvalue weighted by Gasteiger charge is 2.38. The van der Waals surface area contributed by atoms with Crippen LogP contribution in [0.4, 0.5) is 0 Å². The summed E-state index contributed by atoms with van der Waals surface area (Å²) in [7, 11) is -3.44. The van der Waals surface area contributed by atoms with Gasteiger partial charge in [-0.15, -0.1) is 0 Å². The van der Waals surface area contributed by atoms with Gasteiger partial charge in [0.15, 0.2) is 9.84 Å². The third kappa shape index (κ3) is 4.94. The summed E-state index contributed by atoms with van der Waals surface area (Å²) < 4.78 is 21.6. The summed E-state index contributed by atoms with van der Waals surface area (Å²) in [4.78, 5) is 11.9. The number of nitrogens with one attached hydrogen (secondary N) is 1. The van der Waals surface area contributed by atoms with Crippen molar-refractivity contribution >= 4 is 15.7 Å². The SMILES string of the molecule is CCCC(CCO)CNC(=O)C(C)(C)S(C)(=O)=O. The smallest absolute Gasteiger partial charge is 0.240 e. The topological polar surface area (TPSA) is 83.5 Å². The molecule has 0 fully saturated rings. The molecule has 0 rings (SSSR count). The molecule has 0 aromatic carbocycles. The van der Waals surface area contributed by atoms with Gasteiger partial charge in [0.1, 0.15) is 4.75 Å². The summed E-state index contributed by atoms with van der Waals surface area (Å²) in [5.41, 5.74) is 0. The van der Waals surface area contributed by atoms with Gasteiger partial charge < -0.3 is 10.4 Å². The molecular weight excluding hydrogens is 254 g/mol. The zero-order valence-electron chi connectivity index (χ0n) is 11.7. The maximum Gasteiger partial charge on any atom is 0.240 e. The lowest BCUT2D eigenvalue weighted by molar-refractivity contribution is -0.123. The van der Waals surface area contributed by atoms with Gasteiger partial charge in [0.05, 0.1) is 0 Å². The number of hydrogen-bond donors (Lipinski definition) is 2. The van der Waals surface area contributed by atoms with E-state index in [1.165, 1.54) is 13.8 Å². The van der Waals surface area contributed by atoms with Gasteiger partial charge >= 0.3 is 0 Å². The van der Waals surface area contributed by atoms with Crippen LogP contribution >= 0.6 is 0 Å². The molecule has 0 aromatic rings. The van der Waals surface area contributed by atoms with Crippen molar-refractivity contribution in [2.75, 3.05) is 19.4 Å². The fourth-order valence-corrected chi connectivity index (χ4v) is 1.97. The standard InChI is InChI=1S/C12H25NO4S/c1-5-6-10(7-8-14)9-13-11(15)12(2,3)18(4,16)17/h10,14H,5-9H2,1-4H3,(H,13,15). The molecule has 0 heterocycles. The highest BCUT2D eigenvalue weighted by atomic mass is 32.2. The predicted octanol–water partition coefficient (Wildman–Crippen LogP) is 0.724. The van der Waals surface area contributed by atoms with Crippen LogP contribution < -0.4 is 5.32 Å². The zero-order chi connectivity index (χ0) is 14.4. The average molecular weight is 279 g/mol. The zero-order valence-corrected chi connectivity index (χ0v) is 12.5. The molecule has 1 amide bonds. The predicted molar refractivity (Wildman–Crippen MR) is 72.0 cm³/mol. The Balaban J connectivity index is 4.49. The second kappa shape index (κ2) is 7.09. The molecule has 6 heteroatoms. The van der Waals surface area contributed by atoms with Gasteiger partial charge in [-0.3, -0.25) is 4.79 Å². The molecule has 0 spiro atoms. The minimum Gasteiger partial charge on any atom is -0.396 e. The van der Waals surface area contributed by atoms with Crippen LogP contribution in [0.5, 0.6) is 0 Å². The monoisotopic (exact) mass is 279 g/mol. The van der Waals surface area contributed by atoms with Gasteiger partial charge in [-0.05, 0) is 32.6 Å². The first kappa shape index (κ1) is 17.4. The van der Waals surface area contributed by atoms with Crippen LogP contribution in [0.1, 0.15) is 40.0 Å². The normalized spacial score (nSPS) is 14.3. The van der Waals surface area contributed by atoms with Gasteiger partial charge in [0, 0.05) is 19.4 Å². The Kier molecular flexibility index (Phi) is 6.84. The molecule has 18 heavy (non-hydrogen) atoms. The molecule has 0 bridgehead atoms. The van der Waals surface area contributed by atoms with Gasteiger partial charge in [-0.25, -0.2) is 8.42 Å². The van der Waals surface area contributed by atoms with E-state index in [4.69, 9.17) is 5.11 Å². The van der Waals surface area contributed by atoms with Crippen LogP contribution in [-0.2, 0) is 14.6 Å².